The largest absolute Gasteiger partial charge is 0.454 e. The summed E-state index contributed by atoms with van der Waals surface area (Å²) in [5, 5.41) is 9.92. The topological polar surface area (TPSA) is 81.3 Å². The summed E-state index contributed by atoms with van der Waals surface area (Å²) in [6, 6.07) is 18.6. The highest BCUT2D eigenvalue weighted by Gasteiger charge is 2.19. The van der Waals surface area contributed by atoms with Gasteiger partial charge < -0.3 is 9.47 Å². The maximum atomic E-state index is 14.3. The molecule has 0 aliphatic carbocycles. The molecule has 9 heteroatoms. The molecule has 3 aromatic carbocycles. The number of rotatable bonds is 5. The number of nitriles is 1. The highest BCUT2D eigenvalue weighted by molar-refractivity contribution is 7.07. The van der Waals surface area contributed by atoms with Crippen molar-refractivity contribution in [2.45, 2.75) is 6.54 Å². The van der Waals surface area contributed by atoms with Crippen LogP contribution in [-0.2, 0) is 6.54 Å². The van der Waals surface area contributed by atoms with E-state index in [1.54, 1.807) is 48.5 Å². The molecule has 0 fully saturated rings. The number of carbonyl (C=O) groups is 1. The van der Waals surface area contributed by atoms with Gasteiger partial charge in [0.05, 0.1) is 11.1 Å². The molecular formula is C27H16F2N2O4S. The molecule has 4 aromatic rings. The molecule has 0 atom stereocenters. The summed E-state index contributed by atoms with van der Waals surface area (Å²) < 4.78 is 40.7. The second kappa shape index (κ2) is 9.60. The van der Waals surface area contributed by atoms with Gasteiger partial charge in [-0.2, -0.15) is 5.26 Å². The van der Waals surface area contributed by atoms with Crippen LogP contribution in [0, 0.1) is 23.0 Å². The molecule has 1 aliphatic rings. The van der Waals surface area contributed by atoms with Crippen molar-refractivity contribution in [3.8, 4) is 17.6 Å². The van der Waals surface area contributed by atoms with Crippen LogP contribution in [-0.4, -0.2) is 17.1 Å². The highest BCUT2D eigenvalue weighted by Crippen LogP contribution is 2.32. The number of Topliss-reactive ketones (excluding diaryl/α,β-unsaturated/α-hetero) is 1. The predicted octanol–water partition coefficient (Wildman–Crippen LogP) is 3.35. The van der Waals surface area contributed by atoms with Gasteiger partial charge in [-0.05, 0) is 35.9 Å². The lowest BCUT2D eigenvalue weighted by atomic mass is 10.1. The van der Waals surface area contributed by atoms with Crippen LogP contribution in [0.4, 0.5) is 8.78 Å². The third-order valence-corrected chi connectivity index (χ3v) is 6.68. The van der Waals surface area contributed by atoms with E-state index in [4.69, 9.17) is 9.47 Å². The molecule has 0 saturated carbocycles. The number of carbonyl (C=O) groups excluding carboxylic acids is 1. The average molecular weight is 502 g/mol. The molecule has 0 N–H and O–H groups in total. The number of aromatic nitrogens is 1. The Kier molecular flexibility index (Phi) is 6.19. The zero-order chi connectivity index (χ0) is 25.2. The van der Waals surface area contributed by atoms with Crippen LogP contribution in [0.5, 0.6) is 11.5 Å². The zero-order valence-corrected chi connectivity index (χ0v) is 19.4. The lowest BCUT2D eigenvalue weighted by Crippen LogP contribution is -2.33. The van der Waals surface area contributed by atoms with Crippen LogP contribution < -0.4 is 24.2 Å². The molecule has 0 radical (unpaired) electrons. The monoisotopic (exact) mass is 502 g/mol. The van der Waals surface area contributed by atoms with E-state index in [2.05, 4.69) is 0 Å². The first-order valence-corrected chi connectivity index (χ1v) is 11.6. The molecule has 0 amide bonds. The summed E-state index contributed by atoms with van der Waals surface area (Å²) in [4.78, 5) is 26.6. The Morgan fingerprint density at radius 1 is 1.03 bits per heavy atom. The van der Waals surface area contributed by atoms with Gasteiger partial charge in [0.1, 0.15) is 27.9 Å². The fourth-order valence-electron chi connectivity index (χ4n) is 3.78. The van der Waals surface area contributed by atoms with Crippen molar-refractivity contribution in [3.05, 3.63) is 115 Å². The second-order valence-electron chi connectivity index (χ2n) is 7.81. The SMILES string of the molecule is N#CC(C(=O)c1ccccc1)=c1s/c(=C\c2c(F)cccc2F)c(=O)n1Cc1ccc2c(c1)OCO2. The molecule has 0 unspecified atom stereocenters. The minimum absolute atomic E-state index is 0.0118. The van der Waals surface area contributed by atoms with Crippen LogP contribution >= 0.6 is 11.3 Å². The van der Waals surface area contributed by atoms with Crippen LogP contribution in [0.1, 0.15) is 21.5 Å². The summed E-state index contributed by atoms with van der Waals surface area (Å²) in [6.07, 6.45) is 1.10. The van der Waals surface area contributed by atoms with Crippen LogP contribution in [0.25, 0.3) is 11.6 Å². The van der Waals surface area contributed by atoms with Crippen molar-refractivity contribution in [1.29, 1.82) is 5.26 Å². The fourth-order valence-corrected chi connectivity index (χ4v) is 4.86. The minimum atomic E-state index is -0.837. The van der Waals surface area contributed by atoms with E-state index >= 15 is 0 Å². The molecule has 5 rings (SSSR count). The van der Waals surface area contributed by atoms with Gasteiger partial charge in [-0.1, -0.05) is 42.5 Å². The molecule has 2 heterocycles. The van der Waals surface area contributed by atoms with E-state index < -0.39 is 23.0 Å². The van der Waals surface area contributed by atoms with Gasteiger partial charge in [0, 0.05) is 11.1 Å². The normalized spacial score (nSPS) is 13.4. The van der Waals surface area contributed by atoms with Crippen molar-refractivity contribution < 1.29 is 23.0 Å². The van der Waals surface area contributed by atoms with Gasteiger partial charge in [0.25, 0.3) is 5.56 Å². The van der Waals surface area contributed by atoms with E-state index in [9.17, 15) is 23.6 Å². The Bertz CT molecular complexity index is 1700. The van der Waals surface area contributed by atoms with Crippen molar-refractivity contribution in [1.82, 2.24) is 4.57 Å². The second-order valence-corrected chi connectivity index (χ2v) is 8.84. The van der Waals surface area contributed by atoms with E-state index in [0.717, 1.165) is 29.5 Å². The van der Waals surface area contributed by atoms with Crippen molar-refractivity contribution in [3.63, 3.8) is 0 Å². The summed E-state index contributed by atoms with van der Waals surface area (Å²) in [5.41, 5.74) is -0.309. The number of ether oxygens (including phenoxy) is 2. The van der Waals surface area contributed by atoms with E-state index in [-0.39, 0.29) is 39.2 Å². The van der Waals surface area contributed by atoms with E-state index in [1.165, 1.54) is 10.6 Å². The molecule has 0 spiro atoms. The van der Waals surface area contributed by atoms with Crippen LogP contribution in [0.3, 0.4) is 0 Å². The third kappa shape index (κ3) is 4.30. The maximum Gasteiger partial charge on any atom is 0.269 e. The number of fused-ring (bicyclic) bond motifs is 1. The van der Waals surface area contributed by atoms with Gasteiger partial charge in [0.2, 0.25) is 12.6 Å². The average Bonchev–Trinajstić information content (AvgIpc) is 3.47. The first-order valence-electron chi connectivity index (χ1n) is 10.7. The van der Waals surface area contributed by atoms with Gasteiger partial charge in [0.15, 0.2) is 11.5 Å². The van der Waals surface area contributed by atoms with Gasteiger partial charge in [-0.3, -0.25) is 14.2 Å². The number of ketones is 1. The Balaban J connectivity index is 1.75. The van der Waals surface area contributed by atoms with Crippen LogP contribution in [0.15, 0.2) is 71.5 Å². The first kappa shape index (κ1) is 23.2. The summed E-state index contributed by atoms with van der Waals surface area (Å²) in [7, 11) is 0. The molecular weight excluding hydrogens is 486 g/mol. The summed E-state index contributed by atoms with van der Waals surface area (Å²) in [5.74, 6) is -1.18. The molecule has 0 saturated heterocycles. The number of nitrogens with zero attached hydrogens (tertiary/aromatic N) is 2. The Labute approximate surface area is 207 Å². The molecule has 36 heavy (non-hydrogen) atoms. The molecule has 0 bridgehead atoms. The van der Waals surface area contributed by atoms with Crippen molar-refractivity contribution >= 4 is 28.8 Å². The lowest BCUT2D eigenvalue weighted by Gasteiger charge is -2.06. The molecule has 178 valence electrons. The number of halogens is 2. The van der Waals surface area contributed by atoms with E-state index in [1.807, 2.05) is 6.07 Å². The number of hydrogen-bond donors (Lipinski definition) is 0. The van der Waals surface area contributed by atoms with Crippen molar-refractivity contribution in [2.75, 3.05) is 6.79 Å². The standard InChI is InChI=1S/C27H16F2N2O4S/c28-20-7-4-8-21(29)18(20)12-24-26(33)31(14-16-9-10-22-23(11-16)35-15-34-22)27(36-24)19(13-30)25(32)17-5-2-1-3-6-17/h1-12H,14-15H2/b24-12-,27-19?. The predicted molar refractivity (Wildman–Crippen MR) is 129 cm³/mol. The van der Waals surface area contributed by atoms with Gasteiger partial charge in [-0.25, -0.2) is 8.78 Å². The minimum Gasteiger partial charge on any atom is -0.454 e. The summed E-state index contributed by atoms with van der Waals surface area (Å²) >= 11 is 0.824. The number of hydrogen-bond acceptors (Lipinski definition) is 6. The number of benzene rings is 3. The zero-order valence-electron chi connectivity index (χ0n) is 18.5. The molecule has 6 nitrogen and oxygen atoms in total. The Morgan fingerprint density at radius 3 is 2.47 bits per heavy atom. The quantitative estimate of drug-likeness (QED) is 0.391. The summed E-state index contributed by atoms with van der Waals surface area (Å²) in [6.45, 7) is 0.0653. The van der Waals surface area contributed by atoms with Gasteiger partial charge in [-0.15, -0.1) is 11.3 Å². The maximum absolute atomic E-state index is 14.3. The number of thiazole rings is 1. The fraction of sp³-hybridized carbons (Fsp3) is 0.0741. The molecule has 1 aliphatic heterocycles. The smallest absolute Gasteiger partial charge is 0.269 e. The Hall–Kier alpha value is -4.55. The van der Waals surface area contributed by atoms with Crippen LogP contribution in [0.2, 0.25) is 0 Å². The highest BCUT2D eigenvalue weighted by atomic mass is 32.1. The Morgan fingerprint density at radius 2 is 1.75 bits per heavy atom. The molecule has 1 aromatic heterocycles. The van der Waals surface area contributed by atoms with Gasteiger partial charge >= 0.3 is 0 Å². The first-order chi connectivity index (χ1) is 17.5. The van der Waals surface area contributed by atoms with E-state index in [0.29, 0.717) is 17.1 Å². The third-order valence-electron chi connectivity index (χ3n) is 5.55. The lowest BCUT2D eigenvalue weighted by molar-refractivity contribution is 0.105. The van der Waals surface area contributed by atoms with Crippen molar-refractivity contribution in [2.24, 2.45) is 0 Å².